The van der Waals surface area contributed by atoms with E-state index < -0.39 is 0 Å². The summed E-state index contributed by atoms with van der Waals surface area (Å²) in [7, 11) is 0. The third kappa shape index (κ3) is 1.62. The molecule has 0 atom stereocenters. The zero-order valence-corrected chi connectivity index (χ0v) is 7.50. The van der Waals surface area contributed by atoms with E-state index in [-0.39, 0.29) is 6.61 Å². The van der Waals surface area contributed by atoms with Crippen molar-refractivity contribution < 1.29 is 5.11 Å². The van der Waals surface area contributed by atoms with Gasteiger partial charge >= 0.3 is 0 Å². The van der Waals surface area contributed by atoms with Crippen molar-refractivity contribution in [1.29, 1.82) is 0 Å². The van der Waals surface area contributed by atoms with Crippen LogP contribution < -0.4 is 0 Å². The fourth-order valence-corrected chi connectivity index (χ4v) is 1.22. The van der Waals surface area contributed by atoms with Gasteiger partial charge in [0.25, 0.3) is 0 Å². The number of tetrazole rings is 1. The van der Waals surface area contributed by atoms with Crippen LogP contribution in [0.2, 0.25) is 0 Å². The van der Waals surface area contributed by atoms with E-state index in [4.69, 9.17) is 0 Å². The van der Waals surface area contributed by atoms with Crippen molar-refractivity contribution in [2.24, 2.45) is 0 Å². The maximum atomic E-state index is 10.5. The van der Waals surface area contributed by atoms with Gasteiger partial charge in [-0.25, -0.2) is 5.11 Å². The van der Waals surface area contributed by atoms with Crippen LogP contribution in [-0.2, 0) is 11.5 Å². The molecule has 0 aliphatic heterocycles. The second-order valence-corrected chi connectivity index (χ2v) is 2.80. The largest absolute Gasteiger partial charge is 0.236 e. The second-order valence-electron chi connectivity index (χ2n) is 2.80. The Morgan fingerprint density at radius 2 is 2.00 bits per heavy atom. The summed E-state index contributed by atoms with van der Waals surface area (Å²) in [6.45, 7) is -0.201. The minimum absolute atomic E-state index is 0.201. The first-order valence-corrected chi connectivity index (χ1v) is 4.32. The Morgan fingerprint density at radius 1 is 1.21 bits per heavy atom. The molecular weight excluding hydrogens is 180 g/mol. The zero-order chi connectivity index (χ0) is 9.80. The van der Waals surface area contributed by atoms with Gasteiger partial charge in [0.05, 0.1) is 12.3 Å². The minimum Gasteiger partial charge on any atom is -0.236 e. The van der Waals surface area contributed by atoms with Gasteiger partial charge in [-0.1, -0.05) is 18.2 Å². The van der Waals surface area contributed by atoms with Crippen molar-refractivity contribution in [3.63, 3.8) is 0 Å². The van der Waals surface area contributed by atoms with Crippen LogP contribution in [0.5, 0.6) is 0 Å². The summed E-state index contributed by atoms with van der Waals surface area (Å²) in [5.41, 5.74) is 0.876. The first-order chi connectivity index (χ1) is 6.92. The van der Waals surface area contributed by atoms with E-state index in [9.17, 15) is 5.11 Å². The Bertz CT molecular complexity index is 398. The predicted octanol–water partition coefficient (Wildman–Crippen LogP) is 0.635. The average Bonchev–Trinajstić information content (AvgIpc) is 2.68. The highest BCUT2D eigenvalue weighted by atomic mass is 16.3. The van der Waals surface area contributed by atoms with E-state index in [0.29, 0.717) is 12.2 Å². The summed E-state index contributed by atoms with van der Waals surface area (Å²) >= 11 is 0. The Balaban J connectivity index is 2.37. The van der Waals surface area contributed by atoms with E-state index in [1.807, 2.05) is 30.3 Å². The van der Waals surface area contributed by atoms with Crippen LogP contribution in [0, 0.1) is 0 Å². The topological polar surface area (TPSA) is 63.5 Å². The molecule has 0 aliphatic carbocycles. The molecule has 71 valence electrons. The van der Waals surface area contributed by atoms with Crippen LogP contribution in [0.1, 0.15) is 5.82 Å². The van der Waals surface area contributed by atoms with Crippen LogP contribution >= 0.6 is 0 Å². The molecule has 0 saturated carbocycles. The van der Waals surface area contributed by atoms with Crippen LogP contribution in [0.4, 0.5) is 0 Å². The van der Waals surface area contributed by atoms with Gasteiger partial charge < -0.3 is 0 Å². The maximum absolute atomic E-state index is 10.5. The first-order valence-electron chi connectivity index (χ1n) is 4.32. The third-order valence-corrected chi connectivity index (χ3v) is 1.86. The van der Waals surface area contributed by atoms with Gasteiger partial charge in [0.1, 0.15) is 0 Å². The van der Waals surface area contributed by atoms with Gasteiger partial charge in [-0.2, -0.15) is 4.68 Å². The predicted molar refractivity (Wildman–Crippen MR) is 48.4 cm³/mol. The van der Waals surface area contributed by atoms with Crippen molar-refractivity contribution in [3.8, 4) is 5.69 Å². The number of para-hydroxylation sites is 1. The van der Waals surface area contributed by atoms with E-state index in [2.05, 4.69) is 15.5 Å². The van der Waals surface area contributed by atoms with Crippen molar-refractivity contribution in [1.82, 2.24) is 20.2 Å². The maximum Gasteiger partial charge on any atom is 0.159 e. The zero-order valence-electron chi connectivity index (χ0n) is 7.50. The molecule has 5 heteroatoms. The van der Waals surface area contributed by atoms with Crippen LogP contribution in [0.25, 0.3) is 5.69 Å². The summed E-state index contributed by atoms with van der Waals surface area (Å²) in [5, 5.41) is 21.6. The molecule has 1 heterocycles. The molecule has 0 aliphatic rings. The van der Waals surface area contributed by atoms with Crippen molar-refractivity contribution >= 4 is 0 Å². The highest BCUT2D eigenvalue weighted by Crippen LogP contribution is 2.06. The molecule has 1 radical (unpaired) electrons. The highest BCUT2D eigenvalue weighted by Gasteiger charge is 2.06. The van der Waals surface area contributed by atoms with Crippen molar-refractivity contribution in [2.75, 3.05) is 6.61 Å². The van der Waals surface area contributed by atoms with Gasteiger partial charge in [-0.05, 0) is 22.6 Å². The molecule has 0 N–H and O–H groups in total. The van der Waals surface area contributed by atoms with E-state index in [0.717, 1.165) is 5.69 Å². The number of rotatable bonds is 3. The number of hydrogen-bond donors (Lipinski definition) is 0. The lowest BCUT2D eigenvalue weighted by Gasteiger charge is -2.01. The van der Waals surface area contributed by atoms with Gasteiger partial charge in [-0.15, -0.1) is 5.10 Å². The second kappa shape index (κ2) is 3.97. The Morgan fingerprint density at radius 3 is 2.71 bits per heavy atom. The fourth-order valence-electron chi connectivity index (χ4n) is 1.22. The molecule has 0 bridgehead atoms. The molecule has 2 aromatic rings. The van der Waals surface area contributed by atoms with E-state index in [1.165, 1.54) is 0 Å². The van der Waals surface area contributed by atoms with Crippen LogP contribution in [0.15, 0.2) is 30.3 Å². The molecule has 0 unspecified atom stereocenters. The fraction of sp³-hybridized carbons (Fsp3) is 0.222. The lowest BCUT2D eigenvalue weighted by atomic mass is 10.3. The Kier molecular flexibility index (Phi) is 2.51. The third-order valence-electron chi connectivity index (χ3n) is 1.86. The Hall–Kier alpha value is -1.75. The molecule has 1 aromatic carbocycles. The molecule has 14 heavy (non-hydrogen) atoms. The first kappa shape index (κ1) is 8.83. The highest BCUT2D eigenvalue weighted by molar-refractivity contribution is 5.30. The summed E-state index contributed by atoms with van der Waals surface area (Å²) in [4.78, 5) is 0. The minimum atomic E-state index is -0.201. The molecule has 0 spiro atoms. The summed E-state index contributed by atoms with van der Waals surface area (Å²) in [6.07, 6.45) is 0.349. The van der Waals surface area contributed by atoms with E-state index >= 15 is 0 Å². The number of hydrogen-bond acceptors (Lipinski definition) is 3. The summed E-state index contributed by atoms with van der Waals surface area (Å²) in [5.74, 6) is 0.603. The summed E-state index contributed by atoms with van der Waals surface area (Å²) in [6, 6.07) is 9.51. The number of benzene rings is 1. The lowest BCUT2D eigenvalue weighted by molar-refractivity contribution is 0.194. The molecule has 0 amide bonds. The average molecular weight is 189 g/mol. The lowest BCUT2D eigenvalue weighted by Crippen LogP contribution is -2.04. The van der Waals surface area contributed by atoms with Gasteiger partial charge in [0, 0.05) is 6.42 Å². The van der Waals surface area contributed by atoms with Crippen LogP contribution in [0.3, 0.4) is 0 Å². The van der Waals surface area contributed by atoms with Crippen LogP contribution in [-0.4, -0.2) is 26.8 Å². The number of nitrogens with zero attached hydrogens (tertiary/aromatic N) is 4. The van der Waals surface area contributed by atoms with Gasteiger partial charge in [0.2, 0.25) is 0 Å². The molecular formula is C9H9N4O. The smallest absolute Gasteiger partial charge is 0.159 e. The van der Waals surface area contributed by atoms with E-state index in [1.54, 1.807) is 4.68 Å². The quantitative estimate of drug-likeness (QED) is 0.711. The molecule has 2 rings (SSSR count). The monoisotopic (exact) mass is 189 g/mol. The molecule has 0 fully saturated rings. The normalized spacial score (nSPS) is 10.4. The Labute approximate surface area is 81.0 Å². The van der Waals surface area contributed by atoms with Gasteiger partial charge in [0.15, 0.2) is 5.82 Å². The molecule has 0 saturated heterocycles. The number of aromatic nitrogens is 4. The van der Waals surface area contributed by atoms with Gasteiger partial charge in [-0.3, -0.25) is 0 Å². The summed E-state index contributed by atoms with van der Waals surface area (Å²) < 4.78 is 1.58. The molecule has 1 aromatic heterocycles. The van der Waals surface area contributed by atoms with Crippen molar-refractivity contribution in [3.05, 3.63) is 36.2 Å². The molecule has 5 nitrogen and oxygen atoms in total. The standard InChI is InChI=1S/C9H9N4O/c14-7-6-9-10-11-12-13(9)8-4-2-1-3-5-8/h1-5H,6-7H2. The van der Waals surface area contributed by atoms with Crippen molar-refractivity contribution in [2.45, 2.75) is 6.42 Å². The SMILES string of the molecule is [O]CCc1nnnn1-c1ccccc1.